The maximum absolute atomic E-state index is 5.98. The second-order valence-electron chi connectivity index (χ2n) is 5.25. The zero-order chi connectivity index (χ0) is 16.4. The highest BCUT2D eigenvalue weighted by Gasteiger charge is 2.47. The van der Waals surface area contributed by atoms with Crippen LogP contribution in [0.5, 0.6) is 0 Å². The van der Waals surface area contributed by atoms with Crippen molar-refractivity contribution in [1.82, 2.24) is 0 Å². The standard InChI is InChI=1S/C16H28O4S2/c1-5-7-8-9-10-12-13(18-11-6-2)14(15(17-3)19-12)20-16(21)22-4/h6,12-15H,2,5,7-11H2,1,3-4H3/t12-,13+,14-,15-/m1/s1. The fourth-order valence-corrected chi connectivity index (χ4v) is 2.87. The lowest BCUT2D eigenvalue weighted by atomic mass is 10.0. The summed E-state index contributed by atoms with van der Waals surface area (Å²) in [6.45, 7) is 6.37. The van der Waals surface area contributed by atoms with Crippen LogP contribution in [0.25, 0.3) is 0 Å². The first-order valence-corrected chi connectivity index (χ1v) is 9.46. The highest BCUT2D eigenvalue weighted by Crippen LogP contribution is 2.31. The fraction of sp³-hybridized carbons (Fsp3) is 0.812. The number of unbranched alkanes of at least 4 members (excludes halogenated alkanes) is 3. The van der Waals surface area contributed by atoms with Gasteiger partial charge in [0.15, 0.2) is 12.4 Å². The molecule has 1 aliphatic rings. The average Bonchev–Trinajstić information content (AvgIpc) is 2.86. The molecule has 22 heavy (non-hydrogen) atoms. The molecule has 0 aromatic rings. The van der Waals surface area contributed by atoms with Crippen molar-refractivity contribution in [2.45, 2.75) is 63.6 Å². The number of thiocarbonyl (C=S) groups is 1. The van der Waals surface area contributed by atoms with E-state index in [0.29, 0.717) is 11.0 Å². The van der Waals surface area contributed by atoms with Crippen LogP contribution < -0.4 is 0 Å². The van der Waals surface area contributed by atoms with E-state index in [2.05, 4.69) is 13.5 Å². The molecule has 0 amide bonds. The molecule has 0 spiro atoms. The maximum atomic E-state index is 5.98. The van der Waals surface area contributed by atoms with Gasteiger partial charge in [-0.05, 0) is 24.9 Å². The SMILES string of the molecule is C=CCO[C@@H]1[C@@H](OC(=S)SC)[C@H](OC)O[C@@H]1CCCCCC. The van der Waals surface area contributed by atoms with Gasteiger partial charge in [-0.1, -0.05) is 50.4 Å². The van der Waals surface area contributed by atoms with Crippen LogP contribution in [0.1, 0.15) is 39.0 Å². The van der Waals surface area contributed by atoms with E-state index >= 15 is 0 Å². The lowest BCUT2D eigenvalue weighted by Gasteiger charge is -2.24. The Morgan fingerprint density at radius 1 is 1.32 bits per heavy atom. The van der Waals surface area contributed by atoms with E-state index in [9.17, 15) is 0 Å². The van der Waals surface area contributed by atoms with E-state index in [1.54, 1.807) is 13.2 Å². The summed E-state index contributed by atoms with van der Waals surface area (Å²) in [7, 11) is 1.62. The molecular weight excluding hydrogens is 320 g/mol. The van der Waals surface area contributed by atoms with Crippen LogP contribution in [0.3, 0.4) is 0 Å². The van der Waals surface area contributed by atoms with Gasteiger partial charge in [-0.2, -0.15) is 0 Å². The summed E-state index contributed by atoms with van der Waals surface area (Å²) in [4.78, 5) is 0. The van der Waals surface area contributed by atoms with Gasteiger partial charge in [-0.25, -0.2) is 0 Å². The molecule has 0 radical (unpaired) electrons. The average molecular weight is 349 g/mol. The first-order valence-electron chi connectivity index (χ1n) is 7.83. The second kappa shape index (κ2) is 11.4. The Morgan fingerprint density at radius 3 is 2.68 bits per heavy atom. The van der Waals surface area contributed by atoms with E-state index in [1.807, 2.05) is 6.26 Å². The van der Waals surface area contributed by atoms with Gasteiger partial charge >= 0.3 is 0 Å². The van der Waals surface area contributed by atoms with Crippen molar-refractivity contribution in [3.63, 3.8) is 0 Å². The van der Waals surface area contributed by atoms with Crippen LogP contribution in [0.15, 0.2) is 12.7 Å². The summed E-state index contributed by atoms with van der Waals surface area (Å²) in [5.74, 6) is 0. The molecule has 0 bridgehead atoms. The first-order chi connectivity index (χ1) is 10.7. The number of hydrogen-bond donors (Lipinski definition) is 0. The molecule has 4 atom stereocenters. The fourth-order valence-electron chi connectivity index (χ4n) is 2.55. The molecule has 0 N–H and O–H groups in total. The first kappa shape index (κ1) is 19.9. The highest BCUT2D eigenvalue weighted by atomic mass is 32.2. The minimum atomic E-state index is -0.448. The summed E-state index contributed by atoms with van der Waals surface area (Å²) in [6.07, 6.45) is 8.35. The van der Waals surface area contributed by atoms with E-state index in [1.165, 1.54) is 31.0 Å². The Bertz CT molecular complexity index is 338. The Hall–Kier alpha value is -0.140. The van der Waals surface area contributed by atoms with Crippen molar-refractivity contribution < 1.29 is 18.9 Å². The molecule has 0 aromatic heterocycles. The van der Waals surface area contributed by atoms with Gasteiger partial charge in [-0.3, -0.25) is 0 Å². The molecule has 1 saturated heterocycles. The highest BCUT2D eigenvalue weighted by molar-refractivity contribution is 8.22. The van der Waals surface area contributed by atoms with Crippen LogP contribution in [0.4, 0.5) is 0 Å². The predicted molar refractivity (Wildman–Crippen MR) is 95.4 cm³/mol. The van der Waals surface area contributed by atoms with Gasteiger partial charge in [-0.15, -0.1) is 6.58 Å². The molecular formula is C16H28O4S2. The third-order valence-electron chi connectivity index (χ3n) is 3.65. The topological polar surface area (TPSA) is 36.9 Å². The van der Waals surface area contributed by atoms with Gasteiger partial charge in [0, 0.05) is 7.11 Å². The molecule has 0 saturated carbocycles. The summed E-state index contributed by atoms with van der Waals surface area (Å²) in [5.41, 5.74) is 0. The van der Waals surface area contributed by atoms with Gasteiger partial charge in [0.05, 0.1) is 12.7 Å². The van der Waals surface area contributed by atoms with Crippen LogP contribution >= 0.6 is 24.0 Å². The van der Waals surface area contributed by atoms with Crippen LogP contribution in [-0.4, -0.2) is 49.0 Å². The van der Waals surface area contributed by atoms with Crippen molar-refractivity contribution >= 4 is 28.4 Å². The smallest absolute Gasteiger partial charge is 0.220 e. The Morgan fingerprint density at radius 2 is 2.09 bits per heavy atom. The monoisotopic (exact) mass is 348 g/mol. The third-order valence-corrected chi connectivity index (χ3v) is 4.67. The van der Waals surface area contributed by atoms with Crippen LogP contribution in [0.2, 0.25) is 0 Å². The molecule has 4 nitrogen and oxygen atoms in total. The van der Waals surface area contributed by atoms with E-state index in [-0.39, 0.29) is 18.3 Å². The zero-order valence-corrected chi connectivity index (χ0v) is 15.4. The van der Waals surface area contributed by atoms with Crippen molar-refractivity contribution in [1.29, 1.82) is 0 Å². The van der Waals surface area contributed by atoms with Crippen molar-refractivity contribution in [2.24, 2.45) is 0 Å². The van der Waals surface area contributed by atoms with E-state index in [4.69, 9.17) is 31.2 Å². The Labute approximate surface area is 143 Å². The third kappa shape index (κ3) is 6.16. The van der Waals surface area contributed by atoms with Crippen LogP contribution in [0, 0.1) is 0 Å². The minimum Gasteiger partial charge on any atom is -0.467 e. The van der Waals surface area contributed by atoms with Gasteiger partial charge in [0.1, 0.15) is 6.10 Å². The number of methoxy groups -OCH3 is 1. The van der Waals surface area contributed by atoms with E-state index < -0.39 is 6.29 Å². The number of rotatable bonds is 10. The molecule has 1 fully saturated rings. The second-order valence-corrected chi connectivity index (χ2v) is 6.66. The molecule has 0 unspecified atom stereocenters. The molecule has 0 aliphatic carbocycles. The summed E-state index contributed by atoms with van der Waals surface area (Å²) in [5, 5.41) is 0. The maximum Gasteiger partial charge on any atom is 0.220 e. The summed E-state index contributed by atoms with van der Waals surface area (Å²) in [6, 6.07) is 0. The lowest BCUT2D eigenvalue weighted by molar-refractivity contribution is -0.145. The van der Waals surface area contributed by atoms with Gasteiger partial charge in [0.2, 0.25) is 4.38 Å². The Balaban J connectivity index is 2.68. The van der Waals surface area contributed by atoms with Gasteiger partial charge < -0.3 is 18.9 Å². The zero-order valence-electron chi connectivity index (χ0n) is 13.8. The van der Waals surface area contributed by atoms with Crippen molar-refractivity contribution in [2.75, 3.05) is 20.0 Å². The number of thioether (sulfide) groups is 1. The molecule has 128 valence electrons. The molecule has 1 aliphatic heterocycles. The van der Waals surface area contributed by atoms with E-state index in [0.717, 1.165) is 12.8 Å². The van der Waals surface area contributed by atoms with Crippen molar-refractivity contribution in [3.05, 3.63) is 12.7 Å². The lowest BCUT2D eigenvalue weighted by Crippen LogP contribution is -2.39. The molecule has 1 rings (SSSR count). The van der Waals surface area contributed by atoms with Gasteiger partial charge in [0.25, 0.3) is 0 Å². The largest absolute Gasteiger partial charge is 0.467 e. The molecule has 0 aromatic carbocycles. The van der Waals surface area contributed by atoms with Crippen LogP contribution in [-0.2, 0) is 18.9 Å². The quantitative estimate of drug-likeness (QED) is 0.338. The molecule has 6 heteroatoms. The molecule has 1 heterocycles. The summed E-state index contributed by atoms with van der Waals surface area (Å²) < 4.78 is 23.6. The number of ether oxygens (including phenoxy) is 4. The summed E-state index contributed by atoms with van der Waals surface area (Å²) >= 11 is 6.57. The predicted octanol–water partition coefficient (Wildman–Crippen LogP) is 3.93. The number of hydrogen-bond acceptors (Lipinski definition) is 6. The Kier molecular flexibility index (Phi) is 10.3. The van der Waals surface area contributed by atoms with Crippen molar-refractivity contribution in [3.8, 4) is 0 Å². The minimum absolute atomic E-state index is 0.0311. The normalized spacial score (nSPS) is 27.8.